The highest BCUT2D eigenvalue weighted by Gasteiger charge is 2.09. The van der Waals surface area contributed by atoms with Crippen molar-refractivity contribution in [3.63, 3.8) is 0 Å². The number of carboxylic acid groups (broad SMARTS) is 1. The maximum Gasteiger partial charge on any atom is 0.335 e. The molecule has 0 saturated heterocycles. The normalized spacial score (nSPS) is 11.1. The number of aliphatic hydroxyl groups is 1. The van der Waals surface area contributed by atoms with Crippen LogP contribution in [0.4, 0.5) is 0 Å². The number of aliphatic hydroxyl groups excluding tert-OH is 1. The first-order chi connectivity index (χ1) is 8.04. The summed E-state index contributed by atoms with van der Waals surface area (Å²) in [6, 6.07) is 7.19. The average Bonchev–Trinajstić information content (AvgIpc) is 2.29. The lowest BCUT2D eigenvalue weighted by Gasteiger charge is -2.25. The molecule has 0 aliphatic heterocycles. The molecule has 0 bridgehead atoms. The van der Waals surface area contributed by atoms with Gasteiger partial charge in [-0.3, -0.25) is 4.90 Å². The Morgan fingerprint density at radius 2 is 1.88 bits per heavy atom. The van der Waals surface area contributed by atoms with E-state index in [1.807, 2.05) is 12.1 Å². The van der Waals surface area contributed by atoms with Gasteiger partial charge in [-0.2, -0.15) is 0 Å². The molecule has 0 aliphatic carbocycles. The Kier molecular flexibility index (Phi) is 5.12. The first kappa shape index (κ1) is 13.7. The van der Waals surface area contributed by atoms with Gasteiger partial charge in [-0.05, 0) is 31.5 Å². The number of hydrogen-bond acceptors (Lipinski definition) is 3. The van der Waals surface area contributed by atoms with Crippen LogP contribution in [0.1, 0.15) is 29.8 Å². The van der Waals surface area contributed by atoms with Crippen molar-refractivity contribution in [2.24, 2.45) is 0 Å². The highest BCUT2D eigenvalue weighted by atomic mass is 16.4. The molecule has 0 spiro atoms. The van der Waals surface area contributed by atoms with E-state index in [4.69, 9.17) is 10.2 Å². The van der Waals surface area contributed by atoms with Crippen molar-refractivity contribution in [2.75, 3.05) is 13.2 Å². The van der Waals surface area contributed by atoms with Crippen LogP contribution in [0, 0.1) is 0 Å². The van der Waals surface area contributed by atoms with Crippen LogP contribution in [0.2, 0.25) is 0 Å². The largest absolute Gasteiger partial charge is 0.478 e. The van der Waals surface area contributed by atoms with Gasteiger partial charge >= 0.3 is 5.97 Å². The Morgan fingerprint density at radius 1 is 1.29 bits per heavy atom. The molecular formula is C13H19NO3. The maximum absolute atomic E-state index is 10.7. The number of benzene rings is 1. The Morgan fingerprint density at radius 3 is 2.29 bits per heavy atom. The van der Waals surface area contributed by atoms with E-state index in [1.54, 1.807) is 12.1 Å². The van der Waals surface area contributed by atoms with Crippen molar-refractivity contribution in [1.82, 2.24) is 4.90 Å². The van der Waals surface area contributed by atoms with Crippen LogP contribution in [-0.2, 0) is 6.54 Å². The van der Waals surface area contributed by atoms with Gasteiger partial charge in [-0.15, -0.1) is 0 Å². The van der Waals surface area contributed by atoms with Gasteiger partial charge in [0, 0.05) is 19.1 Å². The highest BCUT2D eigenvalue weighted by Crippen LogP contribution is 2.09. The molecule has 0 atom stereocenters. The Balaban J connectivity index is 2.69. The summed E-state index contributed by atoms with van der Waals surface area (Å²) in [4.78, 5) is 12.8. The van der Waals surface area contributed by atoms with E-state index in [0.29, 0.717) is 18.2 Å². The van der Waals surface area contributed by atoms with Crippen molar-refractivity contribution in [1.29, 1.82) is 0 Å². The minimum atomic E-state index is -0.910. The standard InChI is InChI=1S/C13H19NO3/c1-10(2)14(7-8-15)9-11-3-5-12(6-4-11)13(16)17/h3-6,10,15H,7-9H2,1-2H3,(H,16,17). The minimum Gasteiger partial charge on any atom is -0.478 e. The molecule has 2 N–H and O–H groups in total. The molecule has 0 heterocycles. The van der Waals surface area contributed by atoms with Gasteiger partial charge < -0.3 is 10.2 Å². The van der Waals surface area contributed by atoms with Crippen LogP contribution in [0.15, 0.2) is 24.3 Å². The molecule has 4 heteroatoms. The Labute approximate surface area is 101 Å². The van der Waals surface area contributed by atoms with Gasteiger partial charge in [0.25, 0.3) is 0 Å². The summed E-state index contributed by atoms with van der Waals surface area (Å²) in [7, 11) is 0. The molecule has 1 rings (SSSR count). The SMILES string of the molecule is CC(C)N(CCO)Cc1ccc(C(=O)O)cc1. The van der Waals surface area contributed by atoms with Crippen LogP contribution in [0.25, 0.3) is 0 Å². The van der Waals surface area contributed by atoms with Crippen molar-refractivity contribution < 1.29 is 15.0 Å². The molecule has 0 aliphatic rings. The first-order valence-electron chi connectivity index (χ1n) is 5.71. The third-order valence-electron chi connectivity index (χ3n) is 2.70. The molecule has 4 nitrogen and oxygen atoms in total. The zero-order chi connectivity index (χ0) is 12.8. The second kappa shape index (κ2) is 6.37. The third-order valence-corrected chi connectivity index (χ3v) is 2.70. The van der Waals surface area contributed by atoms with Crippen LogP contribution in [0.3, 0.4) is 0 Å². The quantitative estimate of drug-likeness (QED) is 0.788. The highest BCUT2D eigenvalue weighted by molar-refractivity contribution is 5.87. The van der Waals surface area contributed by atoms with Gasteiger partial charge in [-0.25, -0.2) is 4.79 Å². The zero-order valence-corrected chi connectivity index (χ0v) is 10.3. The number of carbonyl (C=O) groups is 1. The summed E-state index contributed by atoms with van der Waals surface area (Å²) >= 11 is 0. The molecule has 0 radical (unpaired) electrons. The number of carboxylic acids is 1. The summed E-state index contributed by atoms with van der Waals surface area (Å²) in [5.41, 5.74) is 1.35. The zero-order valence-electron chi connectivity index (χ0n) is 10.3. The molecule has 0 unspecified atom stereocenters. The summed E-state index contributed by atoms with van der Waals surface area (Å²) in [6.07, 6.45) is 0. The predicted molar refractivity (Wildman–Crippen MR) is 66.0 cm³/mol. The fourth-order valence-corrected chi connectivity index (χ4v) is 1.64. The van der Waals surface area contributed by atoms with Crippen LogP contribution in [0.5, 0.6) is 0 Å². The lowest BCUT2D eigenvalue weighted by Crippen LogP contribution is -2.32. The van der Waals surface area contributed by atoms with Gasteiger partial charge in [-0.1, -0.05) is 12.1 Å². The summed E-state index contributed by atoms with van der Waals surface area (Å²) in [5.74, 6) is -0.910. The molecular weight excluding hydrogens is 218 g/mol. The van der Waals surface area contributed by atoms with E-state index in [9.17, 15) is 4.79 Å². The van der Waals surface area contributed by atoms with Crippen molar-refractivity contribution >= 4 is 5.97 Å². The van der Waals surface area contributed by atoms with Gasteiger partial charge in [0.2, 0.25) is 0 Å². The van der Waals surface area contributed by atoms with Crippen molar-refractivity contribution in [3.05, 3.63) is 35.4 Å². The summed E-state index contributed by atoms with van der Waals surface area (Å²) in [5, 5.41) is 17.7. The Hall–Kier alpha value is -1.39. The van der Waals surface area contributed by atoms with E-state index in [0.717, 1.165) is 12.1 Å². The fourth-order valence-electron chi connectivity index (χ4n) is 1.64. The van der Waals surface area contributed by atoms with Gasteiger partial charge in [0.05, 0.1) is 12.2 Å². The van der Waals surface area contributed by atoms with Crippen molar-refractivity contribution in [2.45, 2.75) is 26.4 Å². The molecule has 1 aromatic carbocycles. The number of hydrogen-bond donors (Lipinski definition) is 2. The second-order valence-corrected chi connectivity index (χ2v) is 4.29. The van der Waals surface area contributed by atoms with Crippen LogP contribution in [-0.4, -0.2) is 40.3 Å². The van der Waals surface area contributed by atoms with E-state index < -0.39 is 5.97 Å². The number of aromatic carboxylic acids is 1. The molecule has 94 valence electrons. The summed E-state index contributed by atoms with van der Waals surface area (Å²) in [6.45, 7) is 5.62. The molecule has 0 saturated carbocycles. The van der Waals surface area contributed by atoms with Crippen LogP contribution < -0.4 is 0 Å². The fraction of sp³-hybridized carbons (Fsp3) is 0.462. The molecule has 0 amide bonds. The van der Waals surface area contributed by atoms with E-state index in [-0.39, 0.29) is 6.61 Å². The molecule has 0 aromatic heterocycles. The lowest BCUT2D eigenvalue weighted by atomic mass is 10.1. The molecule has 0 fully saturated rings. The monoisotopic (exact) mass is 237 g/mol. The maximum atomic E-state index is 10.7. The van der Waals surface area contributed by atoms with E-state index >= 15 is 0 Å². The number of nitrogens with zero attached hydrogens (tertiary/aromatic N) is 1. The van der Waals surface area contributed by atoms with Gasteiger partial charge in [0.1, 0.15) is 0 Å². The molecule has 1 aromatic rings. The van der Waals surface area contributed by atoms with Gasteiger partial charge in [0.15, 0.2) is 0 Å². The molecule has 17 heavy (non-hydrogen) atoms. The third kappa shape index (κ3) is 4.17. The Bertz CT molecular complexity index is 359. The average molecular weight is 237 g/mol. The predicted octanol–water partition coefficient (Wildman–Crippen LogP) is 1.59. The second-order valence-electron chi connectivity index (χ2n) is 4.29. The number of rotatable bonds is 6. The smallest absolute Gasteiger partial charge is 0.335 e. The van der Waals surface area contributed by atoms with E-state index in [1.165, 1.54) is 0 Å². The minimum absolute atomic E-state index is 0.130. The first-order valence-corrected chi connectivity index (χ1v) is 5.71. The lowest BCUT2D eigenvalue weighted by molar-refractivity contribution is 0.0697. The topological polar surface area (TPSA) is 60.8 Å². The van der Waals surface area contributed by atoms with Crippen LogP contribution >= 0.6 is 0 Å². The van der Waals surface area contributed by atoms with Crippen molar-refractivity contribution in [3.8, 4) is 0 Å². The summed E-state index contributed by atoms with van der Waals surface area (Å²) < 4.78 is 0. The van der Waals surface area contributed by atoms with E-state index in [2.05, 4.69) is 18.7 Å².